The molecule has 9 heteroatoms. The number of H-pyrrole nitrogens is 1. The number of thiazole rings is 1. The van der Waals surface area contributed by atoms with E-state index >= 15 is 0 Å². The third kappa shape index (κ3) is 6.89. The van der Waals surface area contributed by atoms with Crippen LogP contribution in [0.1, 0.15) is 50.3 Å². The van der Waals surface area contributed by atoms with Gasteiger partial charge < -0.3 is 25.1 Å². The van der Waals surface area contributed by atoms with Crippen LogP contribution in [0.25, 0.3) is 10.9 Å². The third-order valence-electron chi connectivity index (χ3n) is 5.50. The van der Waals surface area contributed by atoms with E-state index in [0.717, 1.165) is 47.2 Å². The molecule has 3 aromatic rings. The minimum atomic E-state index is -0.682. The number of amides is 2. The highest BCUT2D eigenvalue weighted by molar-refractivity contribution is 7.13. The number of rotatable bonds is 12. The standard InChI is InChI=1S/C24H30N4O4S/c1-15(29)7-5-4-6-8-21(23(31)28-24-25-11-12-33-24)27-22(30)14-18-16(2)26-20-10-9-17(32-3)13-19(18)20/h9-13,21,26H,4-8,14H2,1-3H3,(H,27,30)(H,25,28,31)/t21-/m0/s1. The molecule has 2 aromatic heterocycles. The first-order valence-electron chi connectivity index (χ1n) is 11.0. The number of Topliss-reactive ketones (excluding diaryl/α,β-unsaturated/α-hetero) is 1. The molecule has 1 atom stereocenters. The fourth-order valence-electron chi connectivity index (χ4n) is 3.77. The van der Waals surface area contributed by atoms with Gasteiger partial charge in [0.25, 0.3) is 0 Å². The average Bonchev–Trinajstić information content (AvgIpc) is 3.39. The first-order valence-corrected chi connectivity index (χ1v) is 11.9. The van der Waals surface area contributed by atoms with Gasteiger partial charge in [-0.1, -0.05) is 12.8 Å². The number of aromatic nitrogens is 2. The second-order valence-corrected chi connectivity index (χ2v) is 8.96. The summed E-state index contributed by atoms with van der Waals surface area (Å²) in [7, 11) is 1.61. The largest absolute Gasteiger partial charge is 0.497 e. The number of fused-ring (bicyclic) bond motifs is 1. The second-order valence-electron chi connectivity index (χ2n) is 8.06. The predicted molar refractivity (Wildman–Crippen MR) is 130 cm³/mol. The van der Waals surface area contributed by atoms with Crippen molar-refractivity contribution in [3.8, 4) is 5.75 Å². The Morgan fingerprint density at radius 1 is 1.21 bits per heavy atom. The summed E-state index contributed by atoms with van der Waals surface area (Å²) in [6, 6.07) is 5.02. The number of nitrogens with zero attached hydrogens (tertiary/aromatic N) is 1. The number of hydrogen-bond donors (Lipinski definition) is 3. The molecule has 3 rings (SSSR count). The van der Waals surface area contributed by atoms with Crippen LogP contribution in [0.4, 0.5) is 5.13 Å². The van der Waals surface area contributed by atoms with Crippen molar-refractivity contribution in [1.82, 2.24) is 15.3 Å². The molecule has 0 fully saturated rings. The van der Waals surface area contributed by atoms with Gasteiger partial charge in [-0.3, -0.25) is 9.59 Å². The van der Waals surface area contributed by atoms with Crippen LogP contribution in [-0.4, -0.2) is 40.7 Å². The van der Waals surface area contributed by atoms with Crippen LogP contribution in [0.2, 0.25) is 0 Å². The van der Waals surface area contributed by atoms with Gasteiger partial charge in [0, 0.05) is 34.6 Å². The van der Waals surface area contributed by atoms with Gasteiger partial charge in [-0.2, -0.15) is 0 Å². The molecule has 0 unspecified atom stereocenters. The summed E-state index contributed by atoms with van der Waals surface area (Å²) in [5, 5.41) is 8.88. The topological polar surface area (TPSA) is 113 Å². The summed E-state index contributed by atoms with van der Waals surface area (Å²) >= 11 is 1.32. The zero-order chi connectivity index (χ0) is 23.8. The number of ketones is 1. The Morgan fingerprint density at radius 3 is 2.73 bits per heavy atom. The molecule has 0 aliphatic rings. The Bertz CT molecular complexity index is 1110. The van der Waals surface area contributed by atoms with E-state index in [0.29, 0.717) is 18.0 Å². The lowest BCUT2D eigenvalue weighted by molar-refractivity contribution is -0.126. The molecule has 0 saturated heterocycles. The maximum Gasteiger partial charge on any atom is 0.248 e. The molecule has 0 spiro atoms. The molecular formula is C24H30N4O4S. The third-order valence-corrected chi connectivity index (χ3v) is 6.19. The Kier molecular flexibility index (Phi) is 8.59. The van der Waals surface area contributed by atoms with Gasteiger partial charge in [0.15, 0.2) is 5.13 Å². The van der Waals surface area contributed by atoms with Gasteiger partial charge in [0.1, 0.15) is 17.6 Å². The number of methoxy groups -OCH3 is 1. The van der Waals surface area contributed by atoms with Crippen LogP contribution in [0.15, 0.2) is 29.8 Å². The summed E-state index contributed by atoms with van der Waals surface area (Å²) in [6.45, 7) is 3.50. The van der Waals surface area contributed by atoms with Crippen molar-refractivity contribution in [1.29, 1.82) is 0 Å². The van der Waals surface area contributed by atoms with Crippen LogP contribution >= 0.6 is 11.3 Å². The number of anilines is 1. The molecule has 8 nitrogen and oxygen atoms in total. The molecule has 1 aromatic carbocycles. The van der Waals surface area contributed by atoms with Crippen molar-refractivity contribution in [2.45, 2.75) is 58.4 Å². The van der Waals surface area contributed by atoms with Crippen LogP contribution < -0.4 is 15.4 Å². The van der Waals surface area contributed by atoms with E-state index in [1.165, 1.54) is 11.3 Å². The molecule has 33 heavy (non-hydrogen) atoms. The van der Waals surface area contributed by atoms with Crippen LogP contribution in [0, 0.1) is 6.92 Å². The Labute approximate surface area is 197 Å². The monoisotopic (exact) mass is 470 g/mol. The number of ether oxygens (including phenoxy) is 1. The number of unbranched alkanes of at least 4 members (excludes halogenated alkanes) is 2. The Hall–Kier alpha value is -3.20. The van der Waals surface area contributed by atoms with Crippen molar-refractivity contribution >= 4 is 45.0 Å². The van der Waals surface area contributed by atoms with E-state index in [1.54, 1.807) is 25.6 Å². The fourth-order valence-corrected chi connectivity index (χ4v) is 4.30. The molecule has 0 aliphatic carbocycles. The molecule has 0 bridgehead atoms. The fraction of sp³-hybridized carbons (Fsp3) is 0.417. The van der Waals surface area contributed by atoms with Crippen LogP contribution in [0.3, 0.4) is 0 Å². The van der Waals surface area contributed by atoms with Crippen molar-refractivity contribution in [2.24, 2.45) is 0 Å². The normalized spacial score (nSPS) is 11.8. The molecule has 0 aliphatic heterocycles. The molecule has 0 saturated carbocycles. The quantitative estimate of drug-likeness (QED) is 0.344. The summed E-state index contributed by atoms with van der Waals surface area (Å²) in [6.07, 6.45) is 5.10. The first-order chi connectivity index (χ1) is 15.9. The molecule has 2 amide bonds. The van der Waals surface area contributed by atoms with E-state index < -0.39 is 6.04 Å². The van der Waals surface area contributed by atoms with Gasteiger partial charge in [0.05, 0.1) is 13.5 Å². The van der Waals surface area contributed by atoms with E-state index in [-0.39, 0.29) is 24.0 Å². The van der Waals surface area contributed by atoms with Crippen LogP contribution in [0.5, 0.6) is 5.75 Å². The predicted octanol–water partition coefficient (Wildman–Crippen LogP) is 4.15. The molecule has 176 valence electrons. The zero-order valence-electron chi connectivity index (χ0n) is 19.2. The second kappa shape index (κ2) is 11.6. The Morgan fingerprint density at radius 2 is 2.03 bits per heavy atom. The number of aromatic amines is 1. The lowest BCUT2D eigenvalue weighted by Crippen LogP contribution is -2.44. The average molecular weight is 471 g/mol. The van der Waals surface area contributed by atoms with Gasteiger partial charge in [-0.05, 0) is 50.5 Å². The maximum atomic E-state index is 13.0. The number of carbonyl (C=O) groups is 3. The van der Waals surface area contributed by atoms with Gasteiger partial charge >= 0.3 is 0 Å². The van der Waals surface area contributed by atoms with E-state index in [1.807, 2.05) is 25.1 Å². The zero-order valence-corrected chi connectivity index (χ0v) is 20.0. The highest BCUT2D eigenvalue weighted by Gasteiger charge is 2.22. The van der Waals surface area contributed by atoms with Gasteiger partial charge in [0.2, 0.25) is 11.8 Å². The summed E-state index contributed by atoms with van der Waals surface area (Å²) in [4.78, 5) is 44.3. The van der Waals surface area contributed by atoms with Gasteiger partial charge in [-0.25, -0.2) is 4.98 Å². The van der Waals surface area contributed by atoms with Crippen molar-refractivity contribution in [2.75, 3.05) is 12.4 Å². The minimum absolute atomic E-state index is 0.143. The molecular weight excluding hydrogens is 440 g/mol. The highest BCUT2D eigenvalue weighted by atomic mass is 32.1. The van der Waals surface area contributed by atoms with Crippen molar-refractivity contribution in [3.63, 3.8) is 0 Å². The number of hydrogen-bond acceptors (Lipinski definition) is 6. The molecule has 0 radical (unpaired) electrons. The summed E-state index contributed by atoms with van der Waals surface area (Å²) in [5.41, 5.74) is 2.71. The van der Waals surface area contributed by atoms with Gasteiger partial charge in [-0.15, -0.1) is 11.3 Å². The van der Waals surface area contributed by atoms with Crippen LogP contribution in [-0.2, 0) is 20.8 Å². The molecule has 3 N–H and O–H groups in total. The number of aryl methyl sites for hydroxylation is 1. The van der Waals surface area contributed by atoms with Crippen molar-refractivity contribution in [3.05, 3.63) is 41.0 Å². The van der Waals surface area contributed by atoms with E-state index in [2.05, 4.69) is 20.6 Å². The minimum Gasteiger partial charge on any atom is -0.497 e. The first kappa shape index (κ1) is 24.4. The summed E-state index contributed by atoms with van der Waals surface area (Å²) in [5.74, 6) is 0.355. The van der Waals surface area contributed by atoms with E-state index in [4.69, 9.17) is 4.74 Å². The smallest absolute Gasteiger partial charge is 0.248 e. The van der Waals surface area contributed by atoms with E-state index in [9.17, 15) is 14.4 Å². The number of benzene rings is 1. The molecule has 2 heterocycles. The maximum absolute atomic E-state index is 13.0. The summed E-state index contributed by atoms with van der Waals surface area (Å²) < 4.78 is 5.32. The SMILES string of the molecule is COc1ccc2[nH]c(C)c(CC(=O)N[C@@H](CCCCCC(C)=O)C(=O)Nc3nccs3)c2c1. The number of nitrogens with one attached hydrogen (secondary N) is 3. The number of carbonyl (C=O) groups excluding carboxylic acids is 3. The van der Waals surface area contributed by atoms with Crippen molar-refractivity contribution < 1.29 is 19.1 Å². The highest BCUT2D eigenvalue weighted by Crippen LogP contribution is 2.27. The lowest BCUT2D eigenvalue weighted by Gasteiger charge is -2.18. The Balaban J connectivity index is 1.68. The lowest BCUT2D eigenvalue weighted by atomic mass is 10.0.